The van der Waals surface area contributed by atoms with Crippen LogP contribution in [0.25, 0.3) is 11.3 Å². The number of anilines is 1. The topological polar surface area (TPSA) is 46.9 Å². The fourth-order valence-electron chi connectivity index (χ4n) is 2.71. The lowest BCUT2D eigenvalue weighted by Gasteiger charge is -2.08. The maximum Gasteiger partial charge on any atom is 0.261 e. The van der Waals surface area contributed by atoms with Crippen molar-refractivity contribution in [3.8, 4) is 11.3 Å². The van der Waals surface area contributed by atoms with E-state index in [-0.39, 0.29) is 0 Å². The number of aryl methyl sites for hydroxylation is 1. The molecule has 0 atom stereocenters. The van der Waals surface area contributed by atoms with Gasteiger partial charge in [0, 0.05) is 29.7 Å². The van der Waals surface area contributed by atoms with Crippen molar-refractivity contribution in [2.45, 2.75) is 11.7 Å². The first-order valence-electron chi connectivity index (χ1n) is 7.67. The van der Waals surface area contributed by atoms with Crippen molar-refractivity contribution in [1.29, 1.82) is 0 Å². The number of thioether (sulfide) groups is 1. The van der Waals surface area contributed by atoms with Crippen molar-refractivity contribution < 1.29 is 13.6 Å². The summed E-state index contributed by atoms with van der Waals surface area (Å²) in [5.74, 6) is -1.59. The zero-order valence-electron chi connectivity index (χ0n) is 13.0. The summed E-state index contributed by atoms with van der Waals surface area (Å²) < 4.78 is 29.5. The van der Waals surface area contributed by atoms with E-state index in [2.05, 4.69) is 14.9 Å². The number of aromatic nitrogens is 2. The van der Waals surface area contributed by atoms with Crippen LogP contribution in [0, 0.1) is 11.6 Å². The van der Waals surface area contributed by atoms with Gasteiger partial charge < -0.3 is 9.88 Å². The van der Waals surface area contributed by atoms with Gasteiger partial charge in [0.15, 0.2) is 5.16 Å². The predicted octanol–water partition coefficient (Wildman–Crippen LogP) is 4.19. The van der Waals surface area contributed by atoms with Crippen LogP contribution in [-0.2, 0) is 6.54 Å². The number of imidazole rings is 1. The number of rotatable bonds is 3. The lowest BCUT2D eigenvalue weighted by atomic mass is 10.1. The molecule has 4 rings (SSSR count). The van der Waals surface area contributed by atoms with Gasteiger partial charge in [0.1, 0.15) is 17.2 Å². The molecule has 0 aliphatic carbocycles. The molecule has 0 fully saturated rings. The van der Waals surface area contributed by atoms with Crippen molar-refractivity contribution in [3.05, 3.63) is 65.9 Å². The van der Waals surface area contributed by atoms with Crippen molar-refractivity contribution in [2.75, 3.05) is 11.1 Å². The molecule has 3 aromatic rings. The molecule has 1 amide bonds. The maximum atomic E-state index is 13.7. The average Bonchev–Trinajstić information content (AvgIpc) is 3.16. The first kappa shape index (κ1) is 15.8. The van der Waals surface area contributed by atoms with Gasteiger partial charge in [-0.15, -0.1) is 0 Å². The maximum absolute atomic E-state index is 13.7. The zero-order valence-corrected chi connectivity index (χ0v) is 13.8. The van der Waals surface area contributed by atoms with E-state index in [0.717, 1.165) is 40.8 Å². The molecule has 25 heavy (non-hydrogen) atoms. The Morgan fingerprint density at radius 1 is 1.16 bits per heavy atom. The molecule has 1 aliphatic rings. The lowest BCUT2D eigenvalue weighted by molar-refractivity contribution is 0.101. The number of hydrogen-bond donors (Lipinski definition) is 1. The number of amides is 1. The minimum atomic E-state index is -0.892. The van der Waals surface area contributed by atoms with E-state index >= 15 is 0 Å². The van der Waals surface area contributed by atoms with Crippen LogP contribution in [-0.4, -0.2) is 21.2 Å². The Labute approximate surface area is 146 Å². The summed E-state index contributed by atoms with van der Waals surface area (Å²) in [7, 11) is 0. The Morgan fingerprint density at radius 3 is 2.68 bits per heavy atom. The van der Waals surface area contributed by atoms with Crippen molar-refractivity contribution in [2.24, 2.45) is 0 Å². The Kier molecular flexibility index (Phi) is 4.01. The Morgan fingerprint density at radius 2 is 1.92 bits per heavy atom. The number of benzene rings is 2. The number of halogens is 2. The van der Waals surface area contributed by atoms with E-state index in [1.165, 1.54) is 6.07 Å². The predicted molar refractivity (Wildman–Crippen MR) is 92.7 cm³/mol. The van der Waals surface area contributed by atoms with E-state index in [9.17, 15) is 13.6 Å². The van der Waals surface area contributed by atoms with Gasteiger partial charge in [-0.2, -0.15) is 0 Å². The molecule has 0 radical (unpaired) electrons. The highest BCUT2D eigenvalue weighted by Gasteiger charge is 2.18. The van der Waals surface area contributed by atoms with Crippen molar-refractivity contribution in [1.82, 2.24) is 9.55 Å². The summed E-state index contributed by atoms with van der Waals surface area (Å²) in [4.78, 5) is 16.8. The smallest absolute Gasteiger partial charge is 0.261 e. The number of nitrogens with one attached hydrogen (secondary N) is 1. The molecule has 7 heteroatoms. The first-order valence-corrected chi connectivity index (χ1v) is 8.66. The van der Waals surface area contributed by atoms with Gasteiger partial charge in [0.2, 0.25) is 0 Å². The third-order valence-electron chi connectivity index (χ3n) is 3.91. The Hall–Kier alpha value is -2.67. The molecule has 1 N–H and O–H groups in total. The molecule has 0 bridgehead atoms. The fourth-order valence-corrected chi connectivity index (χ4v) is 3.66. The second-order valence-corrected chi connectivity index (χ2v) is 6.64. The highest BCUT2D eigenvalue weighted by molar-refractivity contribution is 7.99. The molecule has 4 nitrogen and oxygen atoms in total. The Balaban J connectivity index is 1.60. The van der Waals surface area contributed by atoms with E-state index in [1.54, 1.807) is 30.0 Å². The zero-order chi connectivity index (χ0) is 17.4. The minimum Gasteiger partial charge on any atom is -0.325 e. The quantitative estimate of drug-likeness (QED) is 0.765. The molecule has 1 aromatic heterocycles. The summed E-state index contributed by atoms with van der Waals surface area (Å²) in [6.45, 7) is 0.927. The van der Waals surface area contributed by atoms with Gasteiger partial charge in [0.25, 0.3) is 5.91 Å². The second kappa shape index (κ2) is 6.33. The monoisotopic (exact) mass is 357 g/mol. The molecule has 126 valence electrons. The summed E-state index contributed by atoms with van der Waals surface area (Å²) in [6.07, 6.45) is 1.97. The van der Waals surface area contributed by atoms with Crippen LogP contribution < -0.4 is 5.32 Å². The summed E-state index contributed by atoms with van der Waals surface area (Å²) in [5, 5.41) is 3.51. The minimum absolute atomic E-state index is 0.450. The molecule has 0 saturated heterocycles. The second-order valence-electron chi connectivity index (χ2n) is 5.58. The number of hydrogen-bond acceptors (Lipinski definition) is 3. The van der Waals surface area contributed by atoms with E-state index in [1.807, 2.05) is 12.3 Å². The standard InChI is InChI=1S/C18H13F2N3OS/c19-13-5-2-6-14(20)16(13)17(24)21-12-4-1-3-11(9-12)15-10-23-7-8-25-18(23)22-15/h1-6,9-10H,7-8H2,(H,21,24). The largest absolute Gasteiger partial charge is 0.325 e. The molecular formula is C18H13F2N3OS. The average molecular weight is 357 g/mol. The van der Waals surface area contributed by atoms with Gasteiger partial charge in [-0.25, -0.2) is 13.8 Å². The normalized spacial score (nSPS) is 12.9. The van der Waals surface area contributed by atoms with E-state index in [4.69, 9.17) is 0 Å². The van der Waals surface area contributed by atoms with Crippen LogP contribution >= 0.6 is 11.8 Å². The summed E-state index contributed by atoms with van der Waals surface area (Å²) in [5.41, 5.74) is 1.49. The van der Waals surface area contributed by atoms with Gasteiger partial charge >= 0.3 is 0 Å². The van der Waals surface area contributed by atoms with Crippen LogP contribution in [0.15, 0.2) is 53.8 Å². The van der Waals surface area contributed by atoms with Crippen LogP contribution in [0.4, 0.5) is 14.5 Å². The molecule has 2 heterocycles. The highest BCUT2D eigenvalue weighted by atomic mass is 32.2. The lowest BCUT2D eigenvalue weighted by Crippen LogP contribution is -2.15. The van der Waals surface area contributed by atoms with E-state index < -0.39 is 23.1 Å². The summed E-state index contributed by atoms with van der Waals surface area (Å²) >= 11 is 1.70. The third kappa shape index (κ3) is 3.02. The molecule has 0 unspecified atom stereocenters. The highest BCUT2D eigenvalue weighted by Crippen LogP contribution is 2.30. The van der Waals surface area contributed by atoms with Crippen LogP contribution in [0.3, 0.4) is 0 Å². The van der Waals surface area contributed by atoms with Crippen LogP contribution in [0.2, 0.25) is 0 Å². The molecule has 0 spiro atoms. The molecule has 2 aromatic carbocycles. The Bertz CT molecular complexity index is 929. The van der Waals surface area contributed by atoms with Gasteiger partial charge in [-0.1, -0.05) is 30.0 Å². The van der Waals surface area contributed by atoms with Gasteiger partial charge in [0.05, 0.1) is 5.69 Å². The molecule has 0 saturated carbocycles. The van der Waals surface area contributed by atoms with E-state index in [0.29, 0.717) is 5.69 Å². The summed E-state index contributed by atoms with van der Waals surface area (Å²) in [6, 6.07) is 10.4. The van der Waals surface area contributed by atoms with Crippen molar-refractivity contribution >= 4 is 23.4 Å². The third-order valence-corrected chi connectivity index (χ3v) is 4.88. The van der Waals surface area contributed by atoms with Crippen LogP contribution in [0.5, 0.6) is 0 Å². The number of nitrogens with zero attached hydrogens (tertiary/aromatic N) is 2. The number of fused-ring (bicyclic) bond motifs is 1. The first-order chi connectivity index (χ1) is 12.1. The molecular weight excluding hydrogens is 344 g/mol. The fraction of sp³-hybridized carbons (Fsp3) is 0.111. The van der Waals surface area contributed by atoms with Gasteiger partial charge in [-0.05, 0) is 24.3 Å². The van der Waals surface area contributed by atoms with Gasteiger partial charge in [-0.3, -0.25) is 4.79 Å². The number of carbonyl (C=O) groups excluding carboxylic acids is 1. The number of carbonyl (C=O) groups is 1. The molecule has 1 aliphatic heterocycles. The van der Waals surface area contributed by atoms with Crippen molar-refractivity contribution in [3.63, 3.8) is 0 Å². The van der Waals surface area contributed by atoms with Crippen LogP contribution in [0.1, 0.15) is 10.4 Å². The SMILES string of the molecule is O=C(Nc1cccc(-c2cn3c(n2)SCC3)c1)c1c(F)cccc1F.